The van der Waals surface area contributed by atoms with Gasteiger partial charge in [0.25, 0.3) is 0 Å². The summed E-state index contributed by atoms with van der Waals surface area (Å²) in [6.07, 6.45) is 2.22. The maximum atomic E-state index is 11.2. The molecule has 0 amide bonds. The van der Waals surface area contributed by atoms with Crippen molar-refractivity contribution in [3.8, 4) is 0 Å². The maximum absolute atomic E-state index is 11.2. The van der Waals surface area contributed by atoms with Crippen LogP contribution in [0.2, 0.25) is 0 Å². The van der Waals surface area contributed by atoms with Crippen LogP contribution in [0.3, 0.4) is 0 Å². The Kier molecular flexibility index (Phi) is 8.22. The van der Waals surface area contributed by atoms with E-state index in [1.54, 1.807) is 6.92 Å². The number of benzene rings is 1. The predicted molar refractivity (Wildman–Crippen MR) is 97.2 cm³/mol. The van der Waals surface area contributed by atoms with E-state index in [9.17, 15) is 10.0 Å². The van der Waals surface area contributed by atoms with Gasteiger partial charge >= 0.3 is 0 Å². The molecule has 1 N–H and O–H groups in total. The van der Waals surface area contributed by atoms with Crippen LogP contribution in [0.15, 0.2) is 35.5 Å². The Hall–Kier alpha value is -1.59. The minimum atomic E-state index is -0.390. The van der Waals surface area contributed by atoms with Crippen LogP contribution in [0.25, 0.3) is 0 Å². The molecule has 0 unspecified atom stereocenters. The Morgan fingerprint density at radius 1 is 1.29 bits per heavy atom. The van der Waals surface area contributed by atoms with Crippen LogP contribution in [0.1, 0.15) is 38.7 Å². The largest absolute Gasteiger partial charge is 0.478 e. The van der Waals surface area contributed by atoms with E-state index in [1.807, 2.05) is 25.1 Å². The first-order chi connectivity index (χ1) is 11.1. The lowest BCUT2D eigenvalue weighted by atomic mass is 9.72. The number of likely N-dealkylation sites (tertiary alicyclic amines) is 1. The van der Waals surface area contributed by atoms with E-state index in [0.29, 0.717) is 18.9 Å². The van der Waals surface area contributed by atoms with E-state index < -0.39 is 5.41 Å². The molecule has 0 atom stereocenters. The van der Waals surface area contributed by atoms with Crippen molar-refractivity contribution in [1.29, 1.82) is 0 Å². The molecule has 1 aliphatic heterocycles. The van der Waals surface area contributed by atoms with E-state index in [-0.39, 0.29) is 18.2 Å². The van der Waals surface area contributed by atoms with Gasteiger partial charge in [-0.15, -0.1) is 12.4 Å². The molecule has 6 heteroatoms. The summed E-state index contributed by atoms with van der Waals surface area (Å²) in [5.74, 6) is 0.620. The number of hydrogen-bond acceptors (Lipinski definition) is 5. The van der Waals surface area contributed by atoms with Crippen LogP contribution in [-0.4, -0.2) is 48.0 Å². The third kappa shape index (κ3) is 4.71. The van der Waals surface area contributed by atoms with Crippen LogP contribution in [0, 0.1) is 0 Å². The first-order valence-corrected chi connectivity index (χ1v) is 8.25. The van der Waals surface area contributed by atoms with Crippen molar-refractivity contribution in [2.75, 3.05) is 26.2 Å². The second kappa shape index (κ2) is 9.64. The average molecular weight is 355 g/mol. The number of ketones is 1. The van der Waals surface area contributed by atoms with Gasteiger partial charge in [-0.3, -0.25) is 4.79 Å². The Morgan fingerprint density at radius 2 is 1.92 bits per heavy atom. The van der Waals surface area contributed by atoms with Gasteiger partial charge in [-0.1, -0.05) is 35.5 Å². The van der Waals surface area contributed by atoms with Crippen molar-refractivity contribution in [3.05, 3.63) is 35.9 Å². The third-order valence-electron chi connectivity index (χ3n) is 4.60. The maximum Gasteiger partial charge on any atom is 0.236 e. The smallest absolute Gasteiger partial charge is 0.236 e. The minimum absolute atomic E-state index is 0. The number of ether oxygens (including phenoxy) is 1. The van der Waals surface area contributed by atoms with E-state index >= 15 is 0 Å². The summed E-state index contributed by atoms with van der Waals surface area (Å²) in [6, 6.07) is 10.1. The van der Waals surface area contributed by atoms with Gasteiger partial charge < -0.3 is 14.8 Å². The Morgan fingerprint density at radius 3 is 2.42 bits per heavy atom. The van der Waals surface area contributed by atoms with Gasteiger partial charge in [-0.2, -0.15) is 0 Å². The number of Topliss-reactive ketones (excluding diaryl/α,β-unsaturated/α-hetero) is 1. The van der Waals surface area contributed by atoms with Gasteiger partial charge in [-0.25, -0.2) is 0 Å². The van der Waals surface area contributed by atoms with Crippen LogP contribution >= 0.6 is 12.4 Å². The molecule has 0 spiro atoms. The van der Waals surface area contributed by atoms with Gasteiger partial charge in [0.05, 0.1) is 12.0 Å². The molecule has 0 aliphatic carbocycles. The molecule has 24 heavy (non-hydrogen) atoms. The van der Waals surface area contributed by atoms with Gasteiger partial charge in [0.15, 0.2) is 0 Å². The molecule has 1 aromatic carbocycles. The highest BCUT2D eigenvalue weighted by molar-refractivity contribution is 5.88. The molecule has 1 heterocycles. The molecule has 0 aromatic heterocycles. The topological polar surface area (TPSA) is 62.1 Å². The molecule has 0 bridgehead atoms. The summed E-state index contributed by atoms with van der Waals surface area (Å²) in [5, 5.41) is 13.0. The molecule has 0 saturated carbocycles. The summed E-state index contributed by atoms with van der Waals surface area (Å²) >= 11 is 0. The number of halogens is 1. The van der Waals surface area contributed by atoms with Crippen molar-refractivity contribution < 1.29 is 14.7 Å². The SMILES string of the molecule is CCO/C(=N/O)C1(c2ccccc2)CCN(CCC(C)=O)CC1.Cl. The first kappa shape index (κ1) is 20.5. The fourth-order valence-corrected chi connectivity index (χ4v) is 3.26. The van der Waals surface area contributed by atoms with Crippen molar-refractivity contribution in [2.45, 2.75) is 38.5 Å². The number of oxime groups is 1. The van der Waals surface area contributed by atoms with Crippen molar-refractivity contribution >= 4 is 24.1 Å². The molecule has 1 fully saturated rings. The molecule has 2 rings (SSSR count). The molecular formula is C18H27ClN2O3. The molecule has 0 radical (unpaired) electrons. The Labute approximate surface area is 150 Å². The van der Waals surface area contributed by atoms with Crippen LogP contribution in [0.5, 0.6) is 0 Å². The van der Waals surface area contributed by atoms with Crippen LogP contribution in [0.4, 0.5) is 0 Å². The number of rotatable bonds is 6. The summed E-state index contributed by atoms with van der Waals surface area (Å²) in [4.78, 5) is 13.5. The Bertz CT molecular complexity index is 540. The zero-order chi connectivity index (χ0) is 16.7. The highest BCUT2D eigenvalue weighted by atomic mass is 35.5. The van der Waals surface area contributed by atoms with Gasteiger partial charge in [-0.05, 0) is 45.3 Å². The van der Waals surface area contributed by atoms with Crippen molar-refractivity contribution in [1.82, 2.24) is 4.90 Å². The summed E-state index contributed by atoms with van der Waals surface area (Å²) < 4.78 is 5.65. The summed E-state index contributed by atoms with van der Waals surface area (Å²) in [5.41, 5.74) is 0.728. The average Bonchev–Trinajstić information content (AvgIpc) is 2.59. The van der Waals surface area contributed by atoms with E-state index in [2.05, 4.69) is 22.2 Å². The standard InChI is InChI=1S/C18H26N2O3.ClH/c1-3-23-17(19-22)18(16-7-5-4-6-8-16)10-13-20(14-11-18)12-9-15(2)21;/h4-8,22H,3,9-14H2,1-2H3;1H/b19-17+;. The van der Waals surface area contributed by atoms with E-state index in [4.69, 9.17) is 4.74 Å². The molecule has 1 aromatic rings. The second-order valence-electron chi connectivity index (χ2n) is 6.08. The normalized spacial score (nSPS) is 17.8. The molecule has 134 valence electrons. The monoisotopic (exact) mass is 354 g/mol. The fourth-order valence-electron chi connectivity index (χ4n) is 3.26. The Balaban J connectivity index is 0.00000288. The van der Waals surface area contributed by atoms with E-state index in [0.717, 1.165) is 38.0 Å². The zero-order valence-corrected chi connectivity index (χ0v) is 15.2. The summed E-state index contributed by atoms with van der Waals surface area (Å²) in [6.45, 7) is 6.50. The number of carbonyl (C=O) groups is 1. The quantitative estimate of drug-likeness (QED) is 0.368. The number of piperidine rings is 1. The van der Waals surface area contributed by atoms with Crippen molar-refractivity contribution in [3.63, 3.8) is 0 Å². The zero-order valence-electron chi connectivity index (χ0n) is 14.4. The molecule has 1 aliphatic rings. The number of hydrogen-bond donors (Lipinski definition) is 1. The van der Waals surface area contributed by atoms with Crippen LogP contribution in [-0.2, 0) is 14.9 Å². The number of nitrogens with zero attached hydrogens (tertiary/aromatic N) is 2. The number of carbonyl (C=O) groups excluding carboxylic acids is 1. The highest BCUT2D eigenvalue weighted by Gasteiger charge is 2.42. The van der Waals surface area contributed by atoms with Gasteiger partial charge in [0.1, 0.15) is 5.78 Å². The lowest BCUT2D eigenvalue weighted by Crippen LogP contribution is -2.48. The van der Waals surface area contributed by atoms with Crippen molar-refractivity contribution in [2.24, 2.45) is 5.16 Å². The molecule has 5 nitrogen and oxygen atoms in total. The molecular weight excluding hydrogens is 328 g/mol. The van der Waals surface area contributed by atoms with E-state index in [1.165, 1.54) is 0 Å². The second-order valence-corrected chi connectivity index (χ2v) is 6.08. The lowest BCUT2D eigenvalue weighted by molar-refractivity contribution is -0.117. The summed E-state index contributed by atoms with van der Waals surface area (Å²) in [7, 11) is 0. The predicted octanol–water partition coefficient (Wildman–Crippen LogP) is 3.25. The lowest BCUT2D eigenvalue weighted by Gasteiger charge is -2.41. The third-order valence-corrected chi connectivity index (χ3v) is 4.60. The fraction of sp³-hybridized carbons (Fsp3) is 0.556. The van der Waals surface area contributed by atoms with Gasteiger partial charge in [0, 0.05) is 13.0 Å². The first-order valence-electron chi connectivity index (χ1n) is 8.25. The van der Waals surface area contributed by atoms with Crippen LogP contribution < -0.4 is 0 Å². The molecule has 1 saturated heterocycles. The minimum Gasteiger partial charge on any atom is -0.478 e. The highest BCUT2D eigenvalue weighted by Crippen LogP contribution is 2.37. The van der Waals surface area contributed by atoms with Gasteiger partial charge in [0.2, 0.25) is 5.90 Å².